The number of rotatable bonds is 10. The van der Waals surface area contributed by atoms with Crippen molar-refractivity contribution < 1.29 is 14.3 Å². The third-order valence-corrected chi connectivity index (χ3v) is 2.30. The Labute approximate surface area is 92.2 Å². The Morgan fingerprint density at radius 2 is 1.67 bits per heavy atom. The molecule has 3 heteroatoms. The van der Waals surface area contributed by atoms with Crippen molar-refractivity contribution in [1.29, 1.82) is 0 Å². The molecule has 0 aliphatic heterocycles. The maximum absolute atomic E-state index is 11.0. The summed E-state index contributed by atoms with van der Waals surface area (Å²) in [6, 6.07) is 0. The third kappa shape index (κ3) is 11.1. The highest BCUT2D eigenvalue weighted by Crippen LogP contribution is 2.08. The Kier molecular flexibility index (Phi) is 10.6. The fraction of sp³-hybridized carbons (Fsp3) is 0.833. The Morgan fingerprint density at radius 3 is 2.27 bits per heavy atom. The first-order valence-electron chi connectivity index (χ1n) is 5.90. The van der Waals surface area contributed by atoms with Crippen LogP contribution in [-0.2, 0) is 14.3 Å². The molecule has 0 aromatic heterocycles. The second-order valence-corrected chi connectivity index (χ2v) is 3.72. The van der Waals surface area contributed by atoms with E-state index < -0.39 is 0 Å². The van der Waals surface area contributed by atoms with Crippen LogP contribution in [0.1, 0.15) is 58.3 Å². The van der Waals surface area contributed by atoms with Crippen molar-refractivity contribution in [3.05, 3.63) is 0 Å². The van der Waals surface area contributed by atoms with Crippen LogP contribution in [-0.4, -0.2) is 18.9 Å². The van der Waals surface area contributed by atoms with E-state index in [0.29, 0.717) is 12.7 Å². The lowest BCUT2D eigenvalue weighted by Gasteiger charge is -2.01. The van der Waals surface area contributed by atoms with Gasteiger partial charge in [-0.3, -0.25) is 9.59 Å². The van der Waals surface area contributed by atoms with Crippen LogP contribution in [0.15, 0.2) is 0 Å². The molecule has 0 saturated carbocycles. The average Bonchev–Trinajstić information content (AvgIpc) is 2.25. The molecule has 0 aliphatic rings. The molecule has 15 heavy (non-hydrogen) atoms. The third-order valence-electron chi connectivity index (χ3n) is 2.30. The lowest BCUT2D eigenvalue weighted by Crippen LogP contribution is -2.05. The molecule has 88 valence electrons. The number of hydrogen-bond acceptors (Lipinski definition) is 3. The fourth-order valence-electron chi connectivity index (χ4n) is 1.43. The summed E-state index contributed by atoms with van der Waals surface area (Å²) >= 11 is 0. The predicted molar refractivity (Wildman–Crippen MR) is 59.6 cm³/mol. The van der Waals surface area contributed by atoms with Crippen LogP contribution < -0.4 is 0 Å². The summed E-state index contributed by atoms with van der Waals surface area (Å²) in [6.07, 6.45) is 9.33. The van der Waals surface area contributed by atoms with Crippen LogP contribution in [0.25, 0.3) is 0 Å². The van der Waals surface area contributed by atoms with Gasteiger partial charge in [-0.2, -0.15) is 0 Å². The van der Waals surface area contributed by atoms with Gasteiger partial charge in [-0.15, -0.1) is 0 Å². The molecule has 0 unspecified atom stereocenters. The summed E-state index contributed by atoms with van der Waals surface area (Å²) in [7, 11) is 0. The van der Waals surface area contributed by atoms with Gasteiger partial charge in [0.1, 0.15) is 6.61 Å². The minimum absolute atomic E-state index is 0.102. The van der Waals surface area contributed by atoms with Crippen LogP contribution in [0, 0.1) is 0 Å². The SMILES string of the molecule is CCCCCCCCCC(=O)OCC=O. The van der Waals surface area contributed by atoms with Gasteiger partial charge in [-0.25, -0.2) is 0 Å². The second-order valence-electron chi connectivity index (χ2n) is 3.72. The lowest BCUT2D eigenvalue weighted by molar-refractivity contribution is -0.145. The largest absolute Gasteiger partial charge is 0.458 e. The van der Waals surface area contributed by atoms with Crippen molar-refractivity contribution in [2.75, 3.05) is 6.61 Å². The standard InChI is InChI=1S/C12H22O3/c1-2-3-4-5-6-7-8-9-12(14)15-11-10-13/h10H,2-9,11H2,1H3. The molecular formula is C12H22O3. The monoisotopic (exact) mass is 214 g/mol. The van der Waals surface area contributed by atoms with Gasteiger partial charge in [0.2, 0.25) is 0 Å². The molecule has 0 radical (unpaired) electrons. The summed E-state index contributed by atoms with van der Waals surface area (Å²) in [4.78, 5) is 20.9. The van der Waals surface area contributed by atoms with Gasteiger partial charge < -0.3 is 4.74 Å². The van der Waals surface area contributed by atoms with E-state index in [0.717, 1.165) is 12.8 Å². The molecule has 0 rings (SSSR count). The van der Waals surface area contributed by atoms with Crippen molar-refractivity contribution in [2.24, 2.45) is 0 Å². The minimum Gasteiger partial charge on any atom is -0.458 e. The zero-order valence-corrected chi connectivity index (χ0v) is 9.67. The predicted octanol–water partition coefficient (Wildman–Crippen LogP) is 2.87. The summed E-state index contributed by atoms with van der Waals surface area (Å²) < 4.78 is 4.63. The first kappa shape index (κ1) is 14.1. The fourth-order valence-corrected chi connectivity index (χ4v) is 1.43. The molecule has 3 nitrogen and oxygen atoms in total. The molecule has 0 aliphatic carbocycles. The number of ether oxygens (including phenoxy) is 1. The number of hydrogen-bond donors (Lipinski definition) is 0. The zero-order valence-electron chi connectivity index (χ0n) is 9.67. The number of esters is 1. The Bertz CT molecular complexity index is 166. The molecule has 0 saturated heterocycles. The lowest BCUT2D eigenvalue weighted by atomic mass is 10.1. The van der Waals surface area contributed by atoms with Crippen molar-refractivity contribution >= 4 is 12.3 Å². The molecular weight excluding hydrogens is 192 g/mol. The number of carbonyl (C=O) groups excluding carboxylic acids is 2. The Hall–Kier alpha value is -0.860. The van der Waals surface area contributed by atoms with Crippen LogP contribution in [0.5, 0.6) is 0 Å². The van der Waals surface area contributed by atoms with Gasteiger partial charge in [0.05, 0.1) is 0 Å². The van der Waals surface area contributed by atoms with E-state index in [4.69, 9.17) is 0 Å². The van der Waals surface area contributed by atoms with Gasteiger partial charge >= 0.3 is 5.97 Å². The summed E-state index contributed by atoms with van der Waals surface area (Å²) in [6.45, 7) is 2.10. The van der Waals surface area contributed by atoms with Crippen molar-refractivity contribution in [2.45, 2.75) is 58.3 Å². The highest BCUT2D eigenvalue weighted by molar-refractivity contribution is 5.71. The number of carbonyl (C=O) groups is 2. The summed E-state index contributed by atoms with van der Waals surface area (Å²) in [5, 5.41) is 0. The molecule has 0 bridgehead atoms. The first-order chi connectivity index (χ1) is 7.31. The summed E-state index contributed by atoms with van der Waals surface area (Å²) in [5.41, 5.74) is 0. The van der Waals surface area contributed by atoms with Gasteiger partial charge in [0.15, 0.2) is 6.29 Å². The minimum atomic E-state index is -0.254. The van der Waals surface area contributed by atoms with E-state index in [1.54, 1.807) is 0 Å². The highest BCUT2D eigenvalue weighted by atomic mass is 16.5. The molecule has 0 spiro atoms. The number of aldehydes is 1. The van der Waals surface area contributed by atoms with Gasteiger partial charge in [0, 0.05) is 6.42 Å². The smallest absolute Gasteiger partial charge is 0.306 e. The van der Waals surface area contributed by atoms with E-state index in [1.165, 1.54) is 32.1 Å². The van der Waals surface area contributed by atoms with Crippen molar-refractivity contribution in [3.63, 3.8) is 0 Å². The van der Waals surface area contributed by atoms with Crippen LogP contribution in [0.2, 0.25) is 0 Å². The Balaban J connectivity index is 3.09. The van der Waals surface area contributed by atoms with Crippen LogP contribution in [0.4, 0.5) is 0 Å². The van der Waals surface area contributed by atoms with Gasteiger partial charge in [-0.05, 0) is 6.42 Å². The van der Waals surface area contributed by atoms with E-state index in [2.05, 4.69) is 11.7 Å². The van der Waals surface area contributed by atoms with Crippen molar-refractivity contribution in [1.82, 2.24) is 0 Å². The van der Waals surface area contributed by atoms with Gasteiger partial charge in [-0.1, -0.05) is 45.4 Å². The van der Waals surface area contributed by atoms with Crippen LogP contribution >= 0.6 is 0 Å². The maximum Gasteiger partial charge on any atom is 0.306 e. The zero-order chi connectivity index (χ0) is 11.4. The topological polar surface area (TPSA) is 43.4 Å². The van der Waals surface area contributed by atoms with Crippen LogP contribution in [0.3, 0.4) is 0 Å². The molecule has 0 aromatic carbocycles. The summed E-state index contributed by atoms with van der Waals surface area (Å²) in [5.74, 6) is -0.254. The molecule has 0 fully saturated rings. The van der Waals surface area contributed by atoms with E-state index >= 15 is 0 Å². The Morgan fingerprint density at radius 1 is 1.07 bits per heavy atom. The number of unbranched alkanes of at least 4 members (excludes halogenated alkanes) is 6. The average molecular weight is 214 g/mol. The molecule has 0 atom stereocenters. The maximum atomic E-state index is 11.0. The quantitative estimate of drug-likeness (QED) is 0.319. The normalized spacial score (nSPS) is 9.93. The highest BCUT2D eigenvalue weighted by Gasteiger charge is 2.01. The van der Waals surface area contributed by atoms with E-state index in [9.17, 15) is 9.59 Å². The first-order valence-corrected chi connectivity index (χ1v) is 5.90. The molecule has 0 aromatic rings. The molecule has 0 N–H and O–H groups in total. The van der Waals surface area contributed by atoms with E-state index in [1.807, 2.05) is 0 Å². The van der Waals surface area contributed by atoms with Gasteiger partial charge in [0.25, 0.3) is 0 Å². The van der Waals surface area contributed by atoms with Crippen molar-refractivity contribution in [3.8, 4) is 0 Å². The van der Waals surface area contributed by atoms with E-state index in [-0.39, 0.29) is 12.6 Å². The molecule has 0 amide bonds. The molecule has 0 heterocycles. The second kappa shape index (κ2) is 11.2.